The molecule has 0 atom stereocenters. The molecule has 1 amide bonds. The van der Waals surface area contributed by atoms with Crippen LogP contribution in [0.2, 0.25) is 0 Å². The molecule has 0 saturated carbocycles. The fourth-order valence-electron chi connectivity index (χ4n) is 2.31. The number of halogens is 1. The molecule has 1 heterocycles. The first-order valence-electron chi connectivity index (χ1n) is 6.57. The molecule has 1 saturated heterocycles. The molecular formula is C14H18BrN3OS. The van der Waals surface area contributed by atoms with E-state index in [0.717, 1.165) is 36.2 Å². The van der Waals surface area contributed by atoms with Gasteiger partial charge >= 0.3 is 0 Å². The van der Waals surface area contributed by atoms with Gasteiger partial charge in [-0.3, -0.25) is 9.69 Å². The van der Waals surface area contributed by atoms with Crippen molar-refractivity contribution < 1.29 is 4.79 Å². The van der Waals surface area contributed by atoms with E-state index in [4.69, 9.17) is 18.0 Å². The van der Waals surface area contributed by atoms with Gasteiger partial charge in [0.1, 0.15) is 0 Å². The van der Waals surface area contributed by atoms with E-state index in [1.54, 1.807) is 0 Å². The lowest BCUT2D eigenvalue weighted by Crippen LogP contribution is -2.50. The molecule has 108 valence electrons. The Hall–Kier alpha value is -0.980. The number of carbonyl (C=O) groups is 1. The van der Waals surface area contributed by atoms with E-state index in [-0.39, 0.29) is 5.91 Å². The van der Waals surface area contributed by atoms with Crippen LogP contribution in [0.3, 0.4) is 0 Å². The van der Waals surface area contributed by atoms with Gasteiger partial charge in [-0.25, -0.2) is 0 Å². The Balaban J connectivity index is 1.84. The standard InChI is InChI=1S/C14H18BrN3OS/c15-12-3-1-2-11(8-12)9-14(19)18-6-4-17(5-7-18)10-13(16)20/h1-3,8H,4-7,9-10H2,(H2,16,20). The second kappa shape index (κ2) is 7.15. The highest BCUT2D eigenvalue weighted by atomic mass is 79.9. The number of nitrogens with two attached hydrogens (primary N) is 1. The summed E-state index contributed by atoms with van der Waals surface area (Å²) < 4.78 is 1.00. The van der Waals surface area contributed by atoms with Crippen molar-refractivity contribution >= 4 is 39.0 Å². The summed E-state index contributed by atoms with van der Waals surface area (Å²) in [7, 11) is 0. The summed E-state index contributed by atoms with van der Waals surface area (Å²) in [5.74, 6) is 0.179. The predicted molar refractivity (Wildman–Crippen MR) is 87.7 cm³/mol. The molecule has 2 rings (SSSR count). The molecule has 0 radical (unpaired) electrons. The highest BCUT2D eigenvalue weighted by Gasteiger charge is 2.21. The number of hydrogen-bond acceptors (Lipinski definition) is 3. The van der Waals surface area contributed by atoms with Crippen LogP contribution in [0.25, 0.3) is 0 Å². The van der Waals surface area contributed by atoms with Gasteiger partial charge in [-0.1, -0.05) is 40.3 Å². The zero-order chi connectivity index (χ0) is 14.5. The maximum Gasteiger partial charge on any atom is 0.227 e. The molecule has 6 heteroatoms. The fraction of sp³-hybridized carbons (Fsp3) is 0.429. The third kappa shape index (κ3) is 4.54. The third-order valence-electron chi connectivity index (χ3n) is 3.35. The Morgan fingerprint density at radius 1 is 1.30 bits per heavy atom. The predicted octanol–water partition coefficient (Wildman–Crippen LogP) is 1.42. The second-order valence-corrected chi connectivity index (χ2v) is 6.37. The van der Waals surface area contributed by atoms with Gasteiger partial charge in [-0.2, -0.15) is 0 Å². The van der Waals surface area contributed by atoms with Crippen molar-refractivity contribution in [2.24, 2.45) is 5.73 Å². The van der Waals surface area contributed by atoms with Crippen LogP contribution in [0.15, 0.2) is 28.7 Å². The molecule has 1 aromatic carbocycles. The van der Waals surface area contributed by atoms with Gasteiger partial charge in [-0.15, -0.1) is 0 Å². The number of thiocarbonyl (C=S) groups is 1. The first-order valence-corrected chi connectivity index (χ1v) is 7.77. The Morgan fingerprint density at radius 2 is 2.00 bits per heavy atom. The number of rotatable bonds is 4. The van der Waals surface area contributed by atoms with Crippen LogP contribution in [0, 0.1) is 0 Å². The Bertz CT molecular complexity index is 501. The summed E-state index contributed by atoms with van der Waals surface area (Å²) in [6.07, 6.45) is 0.453. The van der Waals surface area contributed by atoms with Crippen LogP contribution >= 0.6 is 28.1 Å². The number of carbonyl (C=O) groups excluding carboxylic acids is 1. The van der Waals surface area contributed by atoms with E-state index >= 15 is 0 Å². The van der Waals surface area contributed by atoms with E-state index in [1.807, 2.05) is 29.2 Å². The number of piperazine rings is 1. The van der Waals surface area contributed by atoms with Crippen LogP contribution in [0.4, 0.5) is 0 Å². The third-order valence-corrected chi connectivity index (χ3v) is 3.97. The molecule has 1 aromatic rings. The summed E-state index contributed by atoms with van der Waals surface area (Å²) in [4.78, 5) is 16.9. The highest BCUT2D eigenvalue weighted by molar-refractivity contribution is 9.10. The van der Waals surface area contributed by atoms with Gasteiger partial charge in [-0.05, 0) is 17.7 Å². The molecule has 0 aromatic heterocycles. The zero-order valence-electron chi connectivity index (χ0n) is 11.2. The van der Waals surface area contributed by atoms with Crippen molar-refractivity contribution in [3.8, 4) is 0 Å². The second-order valence-electron chi connectivity index (χ2n) is 4.93. The van der Waals surface area contributed by atoms with E-state index in [9.17, 15) is 4.79 Å². The lowest BCUT2D eigenvalue weighted by molar-refractivity contribution is -0.132. The lowest BCUT2D eigenvalue weighted by Gasteiger charge is -2.34. The van der Waals surface area contributed by atoms with E-state index in [0.29, 0.717) is 18.0 Å². The maximum atomic E-state index is 12.2. The van der Waals surface area contributed by atoms with Crippen molar-refractivity contribution in [3.05, 3.63) is 34.3 Å². The average Bonchev–Trinajstić information content (AvgIpc) is 2.38. The van der Waals surface area contributed by atoms with Crippen molar-refractivity contribution in [1.29, 1.82) is 0 Å². The zero-order valence-corrected chi connectivity index (χ0v) is 13.6. The van der Waals surface area contributed by atoms with Crippen molar-refractivity contribution in [1.82, 2.24) is 9.80 Å². The minimum Gasteiger partial charge on any atom is -0.392 e. The smallest absolute Gasteiger partial charge is 0.227 e. The van der Waals surface area contributed by atoms with Gasteiger partial charge in [0.05, 0.1) is 11.4 Å². The van der Waals surface area contributed by atoms with Crippen molar-refractivity contribution in [3.63, 3.8) is 0 Å². The molecule has 0 unspecified atom stereocenters. The van der Waals surface area contributed by atoms with Crippen LogP contribution in [0.5, 0.6) is 0 Å². The van der Waals surface area contributed by atoms with E-state index in [2.05, 4.69) is 20.8 Å². The summed E-state index contributed by atoms with van der Waals surface area (Å²) >= 11 is 8.33. The SMILES string of the molecule is NC(=S)CN1CCN(C(=O)Cc2cccc(Br)c2)CC1. The molecular weight excluding hydrogens is 338 g/mol. The molecule has 0 spiro atoms. The largest absolute Gasteiger partial charge is 0.392 e. The molecule has 0 aliphatic carbocycles. The quantitative estimate of drug-likeness (QED) is 0.830. The number of benzene rings is 1. The van der Waals surface area contributed by atoms with Gasteiger partial charge in [0.25, 0.3) is 0 Å². The number of nitrogens with zero attached hydrogens (tertiary/aromatic N) is 2. The van der Waals surface area contributed by atoms with Crippen LogP contribution < -0.4 is 5.73 Å². The molecule has 2 N–H and O–H groups in total. The van der Waals surface area contributed by atoms with Crippen LogP contribution in [-0.2, 0) is 11.2 Å². The summed E-state index contributed by atoms with van der Waals surface area (Å²) in [5, 5.41) is 0. The first kappa shape index (κ1) is 15.4. The molecule has 1 aliphatic rings. The Labute approximate surface area is 133 Å². The number of amides is 1. The molecule has 4 nitrogen and oxygen atoms in total. The van der Waals surface area contributed by atoms with Gasteiger partial charge in [0.15, 0.2) is 0 Å². The maximum absolute atomic E-state index is 12.2. The molecule has 1 fully saturated rings. The monoisotopic (exact) mass is 355 g/mol. The van der Waals surface area contributed by atoms with Gasteiger partial charge < -0.3 is 10.6 Å². The molecule has 20 heavy (non-hydrogen) atoms. The van der Waals surface area contributed by atoms with E-state index < -0.39 is 0 Å². The highest BCUT2D eigenvalue weighted by Crippen LogP contribution is 2.13. The summed E-state index contributed by atoms with van der Waals surface area (Å²) in [5.41, 5.74) is 6.58. The molecule has 0 bridgehead atoms. The topological polar surface area (TPSA) is 49.6 Å². The minimum atomic E-state index is 0.179. The first-order chi connectivity index (χ1) is 9.54. The Kier molecular flexibility index (Phi) is 5.51. The molecule has 1 aliphatic heterocycles. The van der Waals surface area contributed by atoms with Crippen molar-refractivity contribution in [2.45, 2.75) is 6.42 Å². The fourth-order valence-corrected chi connectivity index (χ4v) is 2.94. The summed E-state index contributed by atoms with van der Waals surface area (Å²) in [6, 6.07) is 7.88. The normalized spacial score (nSPS) is 16.1. The Morgan fingerprint density at radius 3 is 2.60 bits per heavy atom. The minimum absolute atomic E-state index is 0.179. The average molecular weight is 356 g/mol. The number of hydrogen-bond donors (Lipinski definition) is 1. The lowest BCUT2D eigenvalue weighted by atomic mass is 10.1. The summed E-state index contributed by atoms with van der Waals surface area (Å²) in [6.45, 7) is 3.80. The van der Waals surface area contributed by atoms with Crippen LogP contribution in [0.1, 0.15) is 5.56 Å². The van der Waals surface area contributed by atoms with Crippen LogP contribution in [-0.4, -0.2) is 53.4 Å². The van der Waals surface area contributed by atoms with Crippen molar-refractivity contribution in [2.75, 3.05) is 32.7 Å². The van der Waals surface area contributed by atoms with E-state index in [1.165, 1.54) is 0 Å². The van der Waals surface area contributed by atoms with Gasteiger partial charge in [0, 0.05) is 37.2 Å². The van der Waals surface area contributed by atoms with Gasteiger partial charge in [0.2, 0.25) is 5.91 Å².